The summed E-state index contributed by atoms with van der Waals surface area (Å²) in [6.07, 6.45) is 0.831. The van der Waals surface area contributed by atoms with Crippen LogP contribution in [0.1, 0.15) is 30.6 Å². The summed E-state index contributed by atoms with van der Waals surface area (Å²) in [4.78, 5) is 23.9. The van der Waals surface area contributed by atoms with E-state index in [9.17, 15) is 9.59 Å². The summed E-state index contributed by atoms with van der Waals surface area (Å²) in [6, 6.07) is 4.71. The summed E-state index contributed by atoms with van der Waals surface area (Å²) in [6.45, 7) is 4.58. The molecule has 0 aliphatic rings. The topological polar surface area (TPSA) is 77.8 Å². The maximum Gasteiger partial charge on any atom is 0.337 e. The van der Waals surface area contributed by atoms with Crippen LogP contribution < -0.4 is 4.90 Å². The number of aromatic carboxylic acids is 1. The van der Waals surface area contributed by atoms with Gasteiger partial charge in [0, 0.05) is 18.8 Å². The van der Waals surface area contributed by atoms with E-state index in [0.717, 1.165) is 6.42 Å². The first kappa shape index (κ1) is 16.3. The molecule has 0 fully saturated rings. The summed E-state index contributed by atoms with van der Waals surface area (Å²) in [5, 5.41) is 18.2. The van der Waals surface area contributed by atoms with Crippen molar-refractivity contribution in [2.45, 2.75) is 20.3 Å². The van der Waals surface area contributed by atoms with Gasteiger partial charge >= 0.3 is 11.9 Å². The van der Waals surface area contributed by atoms with Gasteiger partial charge in [-0.3, -0.25) is 4.79 Å². The Balaban J connectivity index is 3.05. The molecule has 1 aromatic carbocycles. The van der Waals surface area contributed by atoms with Gasteiger partial charge in [-0.25, -0.2) is 4.79 Å². The van der Waals surface area contributed by atoms with Crippen LogP contribution in [0.5, 0.6) is 0 Å². The van der Waals surface area contributed by atoms with Crippen LogP contribution in [0.3, 0.4) is 0 Å². The Morgan fingerprint density at radius 3 is 2.50 bits per heavy atom. The fourth-order valence-electron chi connectivity index (χ4n) is 1.88. The lowest BCUT2D eigenvalue weighted by Crippen LogP contribution is -2.32. The standard InChI is InChI=1S/C14H18ClNO4/c1-3-6-16(8-9(2)13(17)18)10-4-5-12(15)11(7-10)14(19)20/h4-5,7,9H,3,6,8H2,1-2H3,(H,17,18)(H,19,20). The Bertz CT molecular complexity index is 504. The lowest BCUT2D eigenvalue weighted by atomic mass is 10.1. The van der Waals surface area contributed by atoms with Crippen LogP contribution in [0.25, 0.3) is 0 Å². The number of nitrogens with zero attached hydrogens (tertiary/aromatic N) is 1. The predicted octanol–water partition coefficient (Wildman–Crippen LogP) is 2.98. The second kappa shape index (κ2) is 7.14. The molecule has 0 spiro atoms. The van der Waals surface area contributed by atoms with Crippen molar-refractivity contribution in [3.05, 3.63) is 28.8 Å². The van der Waals surface area contributed by atoms with Crippen molar-refractivity contribution in [2.24, 2.45) is 5.92 Å². The first-order chi connectivity index (χ1) is 9.36. The molecule has 0 bridgehead atoms. The molecule has 0 heterocycles. The molecule has 0 radical (unpaired) electrons. The van der Waals surface area contributed by atoms with Crippen molar-refractivity contribution in [2.75, 3.05) is 18.0 Å². The smallest absolute Gasteiger partial charge is 0.337 e. The molecule has 1 rings (SSSR count). The zero-order chi connectivity index (χ0) is 15.3. The van der Waals surface area contributed by atoms with Crippen molar-refractivity contribution in [3.8, 4) is 0 Å². The molecule has 1 atom stereocenters. The summed E-state index contributed by atoms with van der Waals surface area (Å²) in [7, 11) is 0. The lowest BCUT2D eigenvalue weighted by Gasteiger charge is -2.26. The second-order valence-electron chi connectivity index (χ2n) is 4.65. The van der Waals surface area contributed by atoms with Gasteiger partial charge < -0.3 is 15.1 Å². The van der Waals surface area contributed by atoms with E-state index in [0.29, 0.717) is 18.8 Å². The van der Waals surface area contributed by atoms with Crippen LogP contribution in [0.2, 0.25) is 5.02 Å². The number of halogens is 1. The van der Waals surface area contributed by atoms with Crippen molar-refractivity contribution in [1.82, 2.24) is 0 Å². The molecular formula is C14H18ClNO4. The van der Waals surface area contributed by atoms with Crippen molar-refractivity contribution in [3.63, 3.8) is 0 Å². The molecule has 6 heteroatoms. The minimum absolute atomic E-state index is 0.0215. The van der Waals surface area contributed by atoms with Crippen molar-refractivity contribution in [1.29, 1.82) is 0 Å². The van der Waals surface area contributed by atoms with Crippen LogP contribution >= 0.6 is 11.6 Å². The zero-order valence-electron chi connectivity index (χ0n) is 11.5. The number of anilines is 1. The summed E-state index contributed by atoms with van der Waals surface area (Å²) >= 11 is 5.84. The van der Waals surface area contributed by atoms with Gasteiger partial charge in [0.25, 0.3) is 0 Å². The average molecular weight is 300 g/mol. The number of hydrogen-bond donors (Lipinski definition) is 2. The number of carboxylic acids is 2. The Kier molecular flexibility index (Phi) is 5.82. The molecule has 1 aromatic rings. The van der Waals surface area contributed by atoms with Gasteiger partial charge in [-0.2, -0.15) is 0 Å². The molecule has 2 N–H and O–H groups in total. The Labute approximate surface area is 122 Å². The Hall–Kier alpha value is -1.75. The molecule has 0 saturated carbocycles. The molecule has 0 amide bonds. The number of benzene rings is 1. The first-order valence-electron chi connectivity index (χ1n) is 6.37. The average Bonchev–Trinajstić information content (AvgIpc) is 2.38. The fraction of sp³-hybridized carbons (Fsp3) is 0.429. The van der Waals surface area contributed by atoms with E-state index in [4.69, 9.17) is 21.8 Å². The van der Waals surface area contributed by atoms with E-state index < -0.39 is 17.9 Å². The highest BCUT2D eigenvalue weighted by atomic mass is 35.5. The molecule has 0 aliphatic carbocycles. The van der Waals surface area contributed by atoms with Gasteiger partial charge in [0.15, 0.2) is 0 Å². The molecule has 0 saturated heterocycles. The molecular weight excluding hydrogens is 282 g/mol. The maximum absolute atomic E-state index is 11.1. The normalized spacial score (nSPS) is 11.9. The highest BCUT2D eigenvalue weighted by Crippen LogP contribution is 2.24. The Morgan fingerprint density at radius 2 is 2.00 bits per heavy atom. The van der Waals surface area contributed by atoms with Gasteiger partial charge in [0.1, 0.15) is 0 Å². The number of rotatable bonds is 7. The molecule has 110 valence electrons. The van der Waals surface area contributed by atoms with Crippen LogP contribution in [0, 0.1) is 5.92 Å². The highest BCUT2D eigenvalue weighted by molar-refractivity contribution is 6.33. The van der Waals surface area contributed by atoms with E-state index in [2.05, 4.69) is 0 Å². The van der Waals surface area contributed by atoms with E-state index in [1.165, 1.54) is 12.1 Å². The predicted molar refractivity (Wildman–Crippen MR) is 77.7 cm³/mol. The SMILES string of the molecule is CCCN(CC(C)C(=O)O)c1ccc(Cl)c(C(=O)O)c1. The summed E-state index contributed by atoms with van der Waals surface area (Å²) in [5.74, 6) is -2.51. The highest BCUT2D eigenvalue weighted by Gasteiger charge is 2.18. The van der Waals surface area contributed by atoms with Gasteiger partial charge in [0.05, 0.1) is 16.5 Å². The molecule has 20 heavy (non-hydrogen) atoms. The molecule has 1 unspecified atom stereocenters. The number of hydrogen-bond acceptors (Lipinski definition) is 3. The molecule has 0 aromatic heterocycles. The summed E-state index contributed by atoms with van der Waals surface area (Å²) < 4.78 is 0. The van der Waals surface area contributed by atoms with Crippen LogP contribution in [-0.4, -0.2) is 35.2 Å². The van der Waals surface area contributed by atoms with Gasteiger partial charge in [-0.1, -0.05) is 25.4 Å². The van der Waals surface area contributed by atoms with Crippen LogP contribution in [0.15, 0.2) is 18.2 Å². The minimum atomic E-state index is -1.10. The van der Waals surface area contributed by atoms with Crippen molar-refractivity contribution >= 4 is 29.2 Å². The largest absolute Gasteiger partial charge is 0.481 e. The van der Waals surface area contributed by atoms with Gasteiger partial charge in [0.2, 0.25) is 0 Å². The van der Waals surface area contributed by atoms with E-state index in [-0.39, 0.29) is 10.6 Å². The third-order valence-corrected chi connectivity index (χ3v) is 3.28. The van der Waals surface area contributed by atoms with Gasteiger partial charge in [-0.15, -0.1) is 0 Å². The van der Waals surface area contributed by atoms with E-state index in [1.807, 2.05) is 11.8 Å². The fourth-order valence-corrected chi connectivity index (χ4v) is 2.08. The van der Waals surface area contributed by atoms with Gasteiger partial charge in [-0.05, 0) is 24.6 Å². The maximum atomic E-state index is 11.1. The minimum Gasteiger partial charge on any atom is -0.481 e. The zero-order valence-corrected chi connectivity index (χ0v) is 12.2. The monoisotopic (exact) mass is 299 g/mol. The number of aliphatic carboxylic acids is 1. The van der Waals surface area contributed by atoms with E-state index >= 15 is 0 Å². The first-order valence-corrected chi connectivity index (χ1v) is 6.75. The van der Waals surface area contributed by atoms with Crippen LogP contribution in [0.4, 0.5) is 5.69 Å². The lowest BCUT2D eigenvalue weighted by molar-refractivity contribution is -0.140. The number of carboxylic acid groups (broad SMARTS) is 2. The third kappa shape index (κ3) is 4.13. The van der Waals surface area contributed by atoms with Crippen molar-refractivity contribution < 1.29 is 19.8 Å². The molecule has 5 nitrogen and oxygen atoms in total. The van der Waals surface area contributed by atoms with E-state index in [1.54, 1.807) is 13.0 Å². The summed E-state index contributed by atoms with van der Waals surface area (Å²) in [5.41, 5.74) is 0.690. The van der Waals surface area contributed by atoms with Crippen LogP contribution in [-0.2, 0) is 4.79 Å². The quantitative estimate of drug-likeness (QED) is 0.809. The second-order valence-corrected chi connectivity index (χ2v) is 5.06. The third-order valence-electron chi connectivity index (χ3n) is 2.95. The Morgan fingerprint density at radius 1 is 1.35 bits per heavy atom. The molecule has 0 aliphatic heterocycles. The number of carbonyl (C=O) groups is 2.